The summed E-state index contributed by atoms with van der Waals surface area (Å²) in [5, 5.41) is 69.0. The topological polar surface area (TPSA) is 179 Å². The highest BCUT2D eigenvalue weighted by Crippen LogP contribution is 2.39. The summed E-state index contributed by atoms with van der Waals surface area (Å²) in [6.07, 6.45) is -10.4. The summed E-state index contributed by atoms with van der Waals surface area (Å²) >= 11 is 0. The van der Waals surface area contributed by atoms with Crippen LogP contribution in [0.5, 0.6) is 17.2 Å². The van der Waals surface area contributed by atoms with Crippen LogP contribution in [0.4, 0.5) is 0 Å². The Bertz CT molecular complexity index is 613. The van der Waals surface area contributed by atoms with Crippen LogP contribution in [0, 0.1) is 0 Å². The number of phenols is 1. The zero-order valence-corrected chi connectivity index (χ0v) is 15.4. The predicted octanol–water partition coefficient (Wildman–Crippen LogP) is -2.38. The Morgan fingerprint density at radius 2 is 1.57 bits per heavy atom. The predicted molar refractivity (Wildman–Crippen MR) is 91.9 cm³/mol. The molecule has 1 aromatic rings. The van der Waals surface area contributed by atoms with Crippen LogP contribution in [0.3, 0.4) is 0 Å². The smallest absolute Gasteiger partial charge is 0.200 e. The molecule has 0 radical (unpaired) electrons. The van der Waals surface area contributed by atoms with E-state index in [1.165, 1.54) is 26.4 Å². The van der Waals surface area contributed by atoms with Crippen molar-refractivity contribution in [2.24, 2.45) is 0 Å². The molecular formula is C17H26O11. The molecule has 7 unspecified atom stereocenters. The molecule has 2 rings (SSSR count). The van der Waals surface area contributed by atoms with Gasteiger partial charge in [-0.1, -0.05) is 0 Å². The van der Waals surface area contributed by atoms with Gasteiger partial charge in [0.1, 0.15) is 36.6 Å². The molecule has 28 heavy (non-hydrogen) atoms. The van der Waals surface area contributed by atoms with Crippen molar-refractivity contribution in [3.05, 3.63) is 17.7 Å². The number of aliphatic hydroxyl groups excluding tert-OH is 6. The van der Waals surface area contributed by atoms with Gasteiger partial charge in [-0.05, 0) is 17.7 Å². The monoisotopic (exact) mass is 406 g/mol. The van der Waals surface area contributed by atoms with Crippen molar-refractivity contribution in [3.8, 4) is 17.2 Å². The van der Waals surface area contributed by atoms with Crippen LogP contribution in [-0.2, 0) is 9.47 Å². The minimum absolute atomic E-state index is 0.0236. The molecule has 1 fully saturated rings. The third kappa shape index (κ3) is 4.64. The SMILES string of the molecule is COc1cc(C(O)C(O)COC2OC(CO)C(O)C(O)C2O)cc(OC)c1O. The molecule has 1 aromatic carbocycles. The number of benzene rings is 1. The average Bonchev–Trinajstić information content (AvgIpc) is 2.70. The molecule has 11 nitrogen and oxygen atoms in total. The van der Waals surface area contributed by atoms with E-state index in [2.05, 4.69) is 0 Å². The Hall–Kier alpha value is -1.70. The van der Waals surface area contributed by atoms with Crippen molar-refractivity contribution < 1.29 is 54.7 Å². The Kier molecular flexibility index (Phi) is 7.80. The van der Waals surface area contributed by atoms with Crippen molar-refractivity contribution in [1.82, 2.24) is 0 Å². The summed E-state index contributed by atoms with van der Waals surface area (Å²) in [4.78, 5) is 0. The van der Waals surface area contributed by atoms with Gasteiger partial charge in [-0.3, -0.25) is 0 Å². The third-order valence-corrected chi connectivity index (χ3v) is 4.49. The fourth-order valence-electron chi connectivity index (χ4n) is 2.80. The number of ether oxygens (including phenoxy) is 4. The second kappa shape index (κ2) is 9.67. The normalized spacial score (nSPS) is 29.9. The first-order chi connectivity index (χ1) is 13.2. The largest absolute Gasteiger partial charge is 0.502 e. The number of hydrogen-bond acceptors (Lipinski definition) is 11. The minimum atomic E-state index is -1.63. The first kappa shape index (κ1) is 22.6. The number of aromatic hydroxyl groups is 1. The van der Waals surface area contributed by atoms with Gasteiger partial charge in [-0.2, -0.15) is 0 Å². The van der Waals surface area contributed by atoms with Crippen molar-refractivity contribution >= 4 is 0 Å². The molecule has 7 N–H and O–H groups in total. The standard InChI is InChI=1S/C17H26O11/c1-25-9-3-7(4-10(26-2)13(9)21)12(20)8(19)6-27-17-16(24)15(23)14(22)11(5-18)28-17/h3-4,8,11-12,14-24H,5-6H2,1-2H3. The first-order valence-electron chi connectivity index (χ1n) is 8.48. The summed E-state index contributed by atoms with van der Waals surface area (Å²) < 4.78 is 20.4. The van der Waals surface area contributed by atoms with Gasteiger partial charge in [-0.15, -0.1) is 0 Å². The molecule has 0 spiro atoms. The van der Waals surface area contributed by atoms with Crippen molar-refractivity contribution in [2.75, 3.05) is 27.4 Å². The quantitative estimate of drug-likeness (QED) is 0.245. The lowest BCUT2D eigenvalue weighted by Gasteiger charge is -2.39. The van der Waals surface area contributed by atoms with Crippen molar-refractivity contribution in [1.29, 1.82) is 0 Å². The summed E-state index contributed by atoms with van der Waals surface area (Å²) in [5.74, 6) is -0.223. The molecule has 160 valence electrons. The maximum absolute atomic E-state index is 10.4. The highest BCUT2D eigenvalue weighted by Gasteiger charge is 2.44. The van der Waals surface area contributed by atoms with Gasteiger partial charge in [0, 0.05) is 0 Å². The molecule has 0 saturated carbocycles. The number of phenolic OH excluding ortho intramolecular Hbond substituents is 1. The summed E-state index contributed by atoms with van der Waals surface area (Å²) in [6.45, 7) is -1.14. The van der Waals surface area contributed by atoms with E-state index in [0.717, 1.165) is 0 Å². The molecular weight excluding hydrogens is 380 g/mol. The van der Waals surface area contributed by atoms with Gasteiger partial charge in [-0.25, -0.2) is 0 Å². The lowest BCUT2D eigenvalue weighted by Crippen LogP contribution is -2.59. The Morgan fingerprint density at radius 3 is 2.07 bits per heavy atom. The maximum Gasteiger partial charge on any atom is 0.200 e. The highest BCUT2D eigenvalue weighted by molar-refractivity contribution is 5.53. The maximum atomic E-state index is 10.4. The number of hydrogen-bond donors (Lipinski definition) is 7. The van der Waals surface area contributed by atoms with E-state index in [-0.39, 0.29) is 22.8 Å². The average molecular weight is 406 g/mol. The number of methoxy groups -OCH3 is 2. The summed E-state index contributed by atoms with van der Waals surface area (Å²) in [7, 11) is 2.62. The summed E-state index contributed by atoms with van der Waals surface area (Å²) in [5.41, 5.74) is 0.163. The van der Waals surface area contributed by atoms with E-state index in [1.54, 1.807) is 0 Å². The van der Waals surface area contributed by atoms with Crippen LogP contribution in [0.15, 0.2) is 12.1 Å². The molecule has 1 saturated heterocycles. The van der Waals surface area contributed by atoms with Gasteiger partial charge in [0.05, 0.1) is 27.4 Å². The zero-order chi connectivity index (χ0) is 21.0. The van der Waals surface area contributed by atoms with E-state index in [4.69, 9.17) is 24.1 Å². The minimum Gasteiger partial charge on any atom is -0.502 e. The first-order valence-corrected chi connectivity index (χ1v) is 8.48. The third-order valence-electron chi connectivity index (χ3n) is 4.49. The van der Waals surface area contributed by atoms with Gasteiger partial charge in [0.25, 0.3) is 0 Å². The van der Waals surface area contributed by atoms with E-state index in [1.807, 2.05) is 0 Å². The molecule has 0 aliphatic carbocycles. The lowest BCUT2D eigenvalue weighted by molar-refractivity contribution is -0.306. The molecule has 1 heterocycles. The molecule has 0 aromatic heterocycles. The van der Waals surface area contributed by atoms with Crippen LogP contribution in [0.2, 0.25) is 0 Å². The van der Waals surface area contributed by atoms with Gasteiger partial charge in [0.2, 0.25) is 5.75 Å². The molecule has 1 aliphatic heterocycles. The Balaban J connectivity index is 2.05. The Labute approximate surface area is 160 Å². The molecule has 11 heteroatoms. The molecule has 0 bridgehead atoms. The molecule has 0 amide bonds. The van der Waals surface area contributed by atoms with E-state index in [0.29, 0.717) is 0 Å². The zero-order valence-electron chi connectivity index (χ0n) is 15.4. The van der Waals surface area contributed by atoms with Crippen LogP contribution in [0.25, 0.3) is 0 Å². The van der Waals surface area contributed by atoms with Gasteiger partial charge >= 0.3 is 0 Å². The highest BCUT2D eigenvalue weighted by atomic mass is 16.7. The van der Waals surface area contributed by atoms with Crippen LogP contribution in [-0.4, -0.2) is 100.0 Å². The van der Waals surface area contributed by atoms with Crippen LogP contribution in [0.1, 0.15) is 11.7 Å². The number of rotatable bonds is 8. The fourth-order valence-corrected chi connectivity index (χ4v) is 2.80. The second-order valence-electron chi connectivity index (χ2n) is 6.32. The van der Waals surface area contributed by atoms with E-state index < -0.39 is 56.1 Å². The van der Waals surface area contributed by atoms with E-state index >= 15 is 0 Å². The molecule has 7 atom stereocenters. The van der Waals surface area contributed by atoms with Gasteiger partial charge in [0.15, 0.2) is 17.8 Å². The van der Waals surface area contributed by atoms with Crippen LogP contribution >= 0.6 is 0 Å². The Morgan fingerprint density at radius 1 is 1.00 bits per heavy atom. The van der Waals surface area contributed by atoms with Crippen molar-refractivity contribution in [3.63, 3.8) is 0 Å². The van der Waals surface area contributed by atoms with Crippen molar-refractivity contribution in [2.45, 2.75) is 42.9 Å². The summed E-state index contributed by atoms with van der Waals surface area (Å²) in [6, 6.07) is 2.61. The lowest BCUT2D eigenvalue weighted by atomic mass is 9.99. The van der Waals surface area contributed by atoms with E-state index in [9.17, 15) is 30.6 Å². The van der Waals surface area contributed by atoms with Gasteiger partial charge < -0.3 is 54.7 Å². The molecule has 1 aliphatic rings. The number of aliphatic hydroxyl groups is 6. The fraction of sp³-hybridized carbons (Fsp3) is 0.647. The van der Waals surface area contributed by atoms with Crippen LogP contribution < -0.4 is 9.47 Å². The second-order valence-corrected chi connectivity index (χ2v) is 6.32.